The van der Waals surface area contributed by atoms with E-state index >= 15 is 0 Å². The van der Waals surface area contributed by atoms with Crippen LogP contribution in [0.2, 0.25) is 0 Å². The van der Waals surface area contributed by atoms with Crippen LogP contribution in [-0.4, -0.2) is 30.2 Å². The van der Waals surface area contributed by atoms with Crippen molar-refractivity contribution in [2.24, 2.45) is 0 Å². The minimum atomic E-state index is -0.552. The molecule has 0 aliphatic heterocycles. The average molecular weight is 461 g/mol. The van der Waals surface area contributed by atoms with Crippen LogP contribution in [0.15, 0.2) is 53.0 Å². The number of hydrogen-bond donors (Lipinski definition) is 2. The third-order valence-electron chi connectivity index (χ3n) is 3.85. The summed E-state index contributed by atoms with van der Waals surface area (Å²) in [5, 5.41) is 5.31. The van der Waals surface area contributed by atoms with Crippen LogP contribution in [0.3, 0.4) is 0 Å². The first kappa shape index (κ1) is 22.3. The maximum absolute atomic E-state index is 11.9. The van der Waals surface area contributed by atoms with E-state index in [2.05, 4.69) is 26.6 Å². The van der Waals surface area contributed by atoms with Gasteiger partial charge in [-0.1, -0.05) is 15.9 Å². The summed E-state index contributed by atoms with van der Waals surface area (Å²) in [6.45, 7) is 1.04. The van der Waals surface area contributed by atoms with Crippen molar-refractivity contribution in [2.45, 2.75) is 26.2 Å². The van der Waals surface area contributed by atoms with Gasteiger partial charge in [-0.25, -0.2) is 0 Å². The zero-order valence-electron chi connectivity index (χ0n) is 15.9. The standard InChI is InChI=1S/C21H21BrN2O5/c1-14(25)15-5-9-17(10-6-15)24-20(27)13-29-21(28)4-2-3-19(26)23-18-11-7-16(22)8-12-18/h5-12H,2-4,13H2,1H3,(H,23,26)(H,24,27). The van der Waals surface area contributed by atoms with Crippen LogP contribution in [-0.2, 0) is 19.1 Å². The van der Waals surface area contributed by atoms with Crippen LogP contribution in [0, 0.1) is 0 Å². The Morgan fingerprint density at radius 3 is 1.97 bits per heavy atom. The molecule has 29 heavy (non-hydrogen) atoms. The lowest BCUT2D eigenvalue weighted by molar-refractivity contribution is -0.147. The number of hydrogen-bond acceptors (Lipinski definition) is 5. The number of Topliss-reactive ketones (excluding diaryl/α,β-unsaturated/α-hetero) is 1. The van der Waals surface area contributed by atoms with E-state index in [9.17, 15) is 19.2 Å². The van der Waals surface area contributed by atoms with Crippen molar-refractivity contribution in [3.05, 3.63) is 58.6 Å². The Hall–Kier alpha value is -3.00. The maximum Gasteiger partial charge on any atom is 0.306 e. The fourth-order valence-electron chi connectivity index (χ4n) is 2.35. The summed E-state index contributed by atoms with van der Waals surface area (Å²) in [4.78, 5) is 46.6. The van der Waals surface area contributed by atoms with Gasteiger partial charge in [0.1, 0.15) is 0 Å². The van der Waals surface area contributed by atoms with Crippen LogP contribution < -0.4 is 10.6 Å². The number of carbonyl (C=O) groups excluding carboxylic acids is 4. The summed E-state index contributed by atoms with van der Waals surface area (Å²) < 4.78 is 5.82. The minimum Gasteiger partial charge on any atom is -0.456 e. The number of esters is 1. The predicted octanol–water partition coefficient (Wildman–Crippen LogP) is 3.94. The topological polar surface area (TPSA) is 102 Å². The van der Waals surface area contributed by atoms with Crippen molar-refractivity contribution in [3.8, 4) is 0 Å². The molecule has 2 aromatic rings. The van der Waals surface area contributed by atoms with E-state index in [1.54, 1.807) is 36.4 Å². The molecule has 0 aromatic heterocycles. The third-order valence-corrected chi connectivity index (χ3v) is 4.38. The average Bonchev–Trinajstić information content (AvgIpc) is 2.68. The SMILES string of the molecule is CC(=O)c1ccc(NC(=O)COC(=O)CCCC(=O)Nc2ccc(Br)cc2)cc1. The molecule has 0 aliphatic carbocycles. The second-order valence-electron chi connectivity index (χ2n) is 6.25. The maximum atomic E-state index is 11.9. The first-order valence-electron chi connectivity index (χ1n) is 8.95. The number of halogens is 1. The van der Waals surface area contributed by atoms with Crippen molar-refractivity contribution in [3.63, 3.8) is 0 Å². The number of rotatable bonds is 9. The number of anilines is 2. The first-order chi connectivity index (χ1) is 13.8. The third kappa shape index (κ3) is 8.27. The summed E-state index contributed by atoms with van der Waals surface area (Å²) in [6.07, 6.45) is 0.517. The molecule has 0 bridgehead atoms. The lowest BCUT2D eigenvalue weighted by atomic mass is 10.1. The molecule has 152 valence electrons. The number of benzene rings is 2. The number of amides is 2. The summed E-state index contributed by atoms with van der Waals surface area (Å²) in [7, 11) is 0. The Bertz CT molecular complexity index is 879. The predicted molar refractivity (Wildman–Crippen MR) is 113 cm³/mol. The molecule has 0 saturated heterocycles. The van der Waals surface area contributed by atoms with Crippen molar-refractivity contribution < 1.29 is 23.9 Å². The summed E-state index contributed by atoms with van der Waals surface area (Å²) in [5.41, 5.74) is 1.72. The van der Waals surface area contributed by atoms with Gasteiger partial charge in [-0.2, -0.15) is 0 Å². The van der Waals surface area contributed by atoms with Crippen molar-refractivity contribution in [1.29, 1.82) is 0 Å². The Labute approximate surface area is 176 Å². The molecule has 0 saturated carbocycles. The van der Waals surface area contributed by atoms with Gasteiger partial charge in [0, 0.05) is 34.3 Å². The Morgan fingerprint density at radius 2 is 1.38 bits per heavy atom. The van der Waals surface area contributed by atoms with Gasteiger partial charge in [0.15, 0.2) is 12.4 Å². The minimum absolute atomic E-state index is 0.0361. The first-order valence-corrected chi connectivity index (χ1v) is 9.74. The molecular weight excluding hydrogens is 440 g/mol. The lowest BCUT2D eigenvalue weighted by Crippen LogP contribution is -2.21. The van der Waals surface area contributed by atoms with Crippen LogP contribution in [0.4, 0.5) is 11.4 Å². The lowest BCUT2D eigenvalue weighted by Gasteiger charge is -2.07. The molecule has 0 unspecified atom stereocenters. The van der Waals surface area contributed by atoms with E-state index in [1.807, 2.05) is 12.1 Å². The second-order valence-corrected chi connectivity index (χ2v) is 7.17. The summed E-state index contributed by atoms with van der Waals surface area (Å²) >= 11 is 3.32. The van der Waals surface area contributed by atoms with Crippen LogP contribution in [0.25, 0.3) is 0 Å². The molecule has 2 aromatic carbocycles. The van der Waals surface area contributed by atoms with Crippen LogP contribution in [0.1, 0.15) is 36.5 Å². The molecule has 7 nitrogen and oxygen atoms in total. The molecule has 2 amide bonds. The van der Waals surface area contributed by atoms with Gasteiger partial charge < -0.3 is 15.4 Å². The fraction of sp³-hybridized carbons (Fsp3) is 0.238. The number of ketones is 1. The Morgan fingerprint density at radius 1 is 0.828 bits per heavy atom. The zero-order chi connectivity index (χ0) is 21.2. The largest absolute Gasteiger partial charge is 0.456 e. The Kier molecular flexibility index (Phi) is 8.54. The smallest absolute Gasteiger partial charge is 0.306 e. The molecule has 2 rings (SSSR count). The van der Waals surface area contributed by atoms with Gasteiger partial charge in [-0.3, -0.25) is 19.2 Å². The molecule has 2 N–H and O–H groups in total. The van der Waals surface area contributed by atoms with E-state index in [0.717, 1.165) is 4.47 Å². The fourth-order valence-corrected chi connectivity index (χ4v) is 2.62. The monoisotopic (exact) mass is 460 g/mol. The van der Waals surface area contributed by atoms with Crippen molar-refractivity contribution in [2.75, 3.05) is 17.2 Å². The van der Waals surface area contributed by atoms with Gasteiger partial charge in [0.05, 0.1) is 0 Å². The molecule has 0 radical (unpaired) electrons. The number of nitrogens with one attached hydrogen (secondary N) is 2. The zero-order valence-corrected chi connectivity index (χ0v) is 17.5. The second kappa shape index (κ2) is 11.1. The highest BCUT2D eigenvalue weighted by Gasteiger charge is 2.10. The molecule has 0 spiro atoms. The van der Waals surface area contributed by atoms with E-state index in [4.69, 9.17) is 4.74 Å². The molecule has 0 atom stereocenters. The molecule has 8 heteroatoms. The number of carbonyl (C=O) groups is 4. The van der Waals surface area contributed by atoms with Gasteiger partial charge in [-0.05, 0) is 61.9 Å². The van der Waals surface area contributed by atoms with Gasteiger partial charge >= 0.3 is 5.97 Å². The summed E-state index contributed by atoms with van der Waals surface area (Å²) in [5.74, 6) is -1.31. The van der Waals surface area contributed by atoms with Crippen molar-refractivity contribution >= 4 is 50.9 Å². The highest BCUT2D eigenvalue weighted by molar-refractivity contribution is 9.10. The molecule has 0 fully saturated rings. The highest BCUT2D eigenvalue weighted by atomic mass is 79.9. The van der Waals surface area contributed by atoms with E-state index in [-0.39, 0.29) is 24.5 Å². The van der Waals surface area contributed by atoms with Crippen LogP contribution in [0.5, 0.6) is 0 Å². The van der Waals surface area contributed by atoms with Gasteiger partial charge in [-0.15, -0.1) is 0 Å². The van der Waals surface area contributed by atoms with E-state index < -0.39 is 18.5 Å². The summed E-state index contributed by atoms with van der Waals surface area (Å²) in [6, 6.07) is 13.6. The van der Waals surface area contributed by atoms with Gasteiger partial charge in [0.2, 0.25) is 5.91 Å². The van der Waals surface area contributed by atoms with E-state index in [1.165, 1.54) is 6.92 Å². The number of ether oxygens (including phenoxy) is 1. The molecule has 0 heterocycles. The highest BCUT2D eigenvalue weighted by Crippen LogP contribution is 2.14. The Balaban J connectivity index is 1.63. The van der Waals surface area contributed by atoms with Crippen LogP contribution >= 0.6 is 15.9 Å². The van der Waals surface area contributed by atoms with Crippen molar-refractivity contribution in [1.82, 2.24) is 0 Å². The van der Waals surface area contributed by atoms with E-state index in [0.29, 0.717) is 23.4 Å². The quantitative estimate of drug-likeness (QED) is 0.435. The molecular formula is C21H21BrN2O5. The molecule has 0 aliphatic rings. The van der Waals surface area contributed by atoms with Gasteiger partial charge in [0.25, 0.3) is 5.91 Å². The normalized spacial score (nSPS) is 10.1.